The van der Waals surface area contributed by atoms with Gasteiger partial charge in [-0.2, -0.15) is 0 Å². The highest BCUT2D eigenvalue weighted by molar-refractivity contribution is 6.67. The highest BCUT2D eigenvalue weighted by atomic mass is 28.4. The molecule has 0 radical (unpaired) electrons. The van der Waals surface area contributed by atoms with Crippen molar-refractivity contribution in [1.82, 2.24) is 0 Å². The Morgan fingerprint density at radius 2 is 0.875 bits per heavy atom. The van der Waals surface area contributed by atoms with Gasteiger partial charge in [0.25, 0.3) is 0 Å². The largest absolute Gasteiger partial charge is 0.393 e. The van der Waals surface area contributed by atoms with Crippen LogP contribution in [0.5, 0.6) is 0 Å². The average Bonchev–Trinajstić information content (AvgIpc) is 2.73. The molecule has 0 fully saturated rings. The first kappa shape index (κ1) is 32.2. The van der Waals surface area contributed by atoms with Crippen LogP contribution in [0.2, 0.25) is 13.1 Å². The van der Waals surface area contributed by atoms with Gasteiger partial charge in [0.15, 0.2) is 0 Å². The summed E-state index contributed by atoms with van der Waals surface area (Å²) in [4.78, 5) is 0. The van der Waals surface area contributed by atoms with E-state index in [9.17, 15) is 0 Å². The van der Waals surface area contributed by atoms with Crippen LogP contribution in [0, 0.1) is 0 Å². The molecule has 0 aromatic rings. The van der Waals surface area contributed by atoms with E-state index >= 15 is 0 Å². The third kappa shape index (κ3) is 10.2. The van der Waals surface area contributed by atoms with Crippen LogP contribution in [-0.2, 0) is 27.2 Å². The zero-order valence-corrected chi connectivity index (χ0v) is 24.6. The second-order valence-corrected chi connectivity index (χ2v) is 15.1. The lowest BCUT2D eigenvalue weighted by molar-refractivity contribution is -0.0646. The normalized spacial score (nSPS) is 17.7. The Kier molecular flexibility index (Phi) is 16.8. The molecule has 32 heavy (non-hydrogen) atoms. The summed E-state index contributed by atoms with van der Waals surface area (Å²) < 4.78 is 37.5. The first-order chi connectivity index (χ1) is 15.1. The number of hydrogen-bond donors (Lipinski definition) is 1. The summed E-state index contributed by atoms with van der Waals surface area (Å²) >= 11 is 0. The molecule has 0 bridgehead atoms. The topological polar surface area (TPSA) is 81.4 Å². The third-order valence-corrected chi connectivity index (χ3v) is 12.5. The van der Waals surface area contributed by atoms with Crippen LogP contribution in [0.25, 0.3) is 0 Å². The molecular formula is C23H53NO6Si2. The number of nitrogens with two attached hydrogens (primary N) is 1. The maximum Gasteiger partial charge on any atom is 0.364 e. The quantitative estimate of drug-likeness (QED) is 0.242. The summed E-state index contributed by atoms with van der Waals surface area (Å²) in [7, 11) is -4.98. The monoisotopic (exact) mass is 495 g/mol. The second-order valence-electron chi connectivity index (χ2n) is 8.58. The van der Waals surface area contributed by atoms with Gasteiger partial charge in [-0.25, -0.2) is 0 Å². The van der Waals surface area contributed by atoms with Gasteiger partial charge in [-0.3, -0.25) is 0 Å². The van der Waals surface area contributed by atoms with Crippen LogP contribution < -0.4 is 5.73 Å². The minimum Gasteiger partial charge on any atom is -0.393 e. The van der Waals surface area contributed by atoms with Crippen molar-refractivity contribution in [3.05, 3.63) is 0 Å². The standard InChI is InChI=1S/C23H53NO6Si2/c1-11-17-21(31(9,25-13-3)26-14-4)29-19(7)23(24)20(8)30-22(18-12-2)32(10,27-15-5)28-16-6/h19-23H,11-18,24H2,1-10H3. The fourth-order valence-electron chi connectivity index (χ4n) is 4.11. The van der Waals surface area contributed by atoms with Crippen LogP contribution in [0.15, 0.2) is 0 Å². The van der Waals surface area contributed by atoms with E-state index < -0.39 is 17.1 Å². The van der Waals surface area contributed by atoms with Crippen LogP contribution in [0.4, 0.5) is 0 Å². The molecule has 4 unspecified atom stereocenters. The molecule has 0 spiro atoms. The molecule has 0 aliphatic carbocycles. The van der Waals surface area contributed by atoms with Gasteiger partial charge in [-0.15, -0.1) is 0 Å². The Bertz CT molecular complexity index is 422. The van der Waals surface area contributed by atoms with Crippen LogP contribution in [0.1, 0.15) is 81.1 Å². The molecule has 0 saturated heterocycles. The molecule has 0 saturated carbocycles. The van der Waals surface area contributed by atoms with E-state index in [1.165, 1.54) is 0 Å². The Hall–Kier alpha value is 0.154. The summed E-state index contributed by atoms with van der Waals surface area (Å²) in [5.41, 5.74) is 6.48. The Balaban J connectivity index is 5.41. The van der Waals surface area contributed by atoms with E-state index in [1.807, 2.05) is 41.5 Å². The summed E-state index contributed by atoms with van der Waals surface area (Å²) in [6.07, 6.45) is 3.34. The van der Waals surface area contributed by atoms with Gasteiger partial charge < -0.3 is 32.9 Å². The second kappa shape index (κ2) is 16.7. The Morgan fingerprint density at radius 3 is 1.09 bits per heavy atom. The lowest BCUT2D eigenvalue weighted by Gasteiger charge is -2.39. The Labute approximate surface area is 200 Å². The Morgan fingerprint density at radius 1 is 0.594 bits per heavy atom. The fraction of sp³-hybridized carbons (Fsp3) is 1.00. The maximum atomic E-state index is 6.65. The molecule has 9 heteroatoms. The molecule has 2 N–H and O–H groups in total. The van der Waals surface area contributed by atoms with Gasteiger partial charge >= 0.3 is 17.1 Å². The minimum atomic E-state index is -2.49. The van der Waals surface area contributed by atoms with Gasteiger partial charge in [0.1, 0.15) is 11.5 Å². The van der Waals surface area contributed by atoms with Crippen LogP contribution >= 0.6 is 0 Å². The number of ether oxygens (including phenoxy) is 2. The van der Waals surface area contributed by atoms with E-state index in [-0.39, 0.29) is 29.7 Å². The molecule has 0 amide bonds. The maximum absolute atomic E-state index is 6.65. The van der Waals surface area contributed by atoms with Crippen molar-refractivity contribution >= 4 is 17.1 Å². The summed E-state index contributed by atoms with van der Waals surface area (Å²) in [5.74, 6) is 0. The summed E-state index contributed by atoms with van der Waals surface area (Å²) in [5, 5.41) is 0. The predicted molar refractivity (Wildman–Crippen MR) is 136 cm³/mol. The number of hydrogen-bond acceptors (Lipinski definition) is 7. The van der Waals surface area contributed by atoms with Gasteiger partial charge in [-0.05, 0) is 67.5 Å². The first-order valence-corrected chi connectivity index (χ1v) is 17.5. The fourth-order valence-corrected chi connectivity index (χ4v) is 9.87. The van der Waals surface area contributed by atoms with Crippen molar-refractivity contribution in [2.75, 3.05) is 26.4 Å². The number of rotatable bonds is 20. The highest BCUT2D eigenvalue weighted by Gasteiger charge is 2.45. The summed E-state index contributed by atoms with van der Waals surface area (Å²) in [6, 6.07) is -0.295. The molecule has 0 aromatic carbocycles. The zero-order valence-electron chi connectivity index (χ0n) is 22.6. The SMILES string of the molecule is CCCC(OC(C)C(N)C(C)OC(CCC)[Si](C)(OCC)OCC)[Si](C)(OCC)OCC. The van der Waals surface area contributed by atoms with Crippen molar-refractivity contribution in [1.29, 1.82) is 0 Å². The van der Waals surface area contributed by atoms with Gasteiger partial charge in [0.05, 0.1) is 18.2 Å². The molecule has 0 aromatic heterocycles. The van der Waals surface area contributed by atoms with Crippen molar-refractivity contribution in [2.45, 2.75) is 124 Å². The van der Waals surface area contributed by atoms with Crippen LogP contribution in [-0.4, -0.2) is 73.3 Å². The summed E-state index contributed by atoms with van der Waals surface area (Å²) in [6.45, 7) is 23.0. The van der Waals surface area contributed by atoms with Gasteiger partial charge in [0.2, 0.25) is 0 Å². The molecule has 7 nitrogen and oxygen atoms in total. The molecule has 0 heterocycles. The smallest absolute Gasteiger partial charge is 0.364 e. The lowest BCUT2D eigenvalue weighted by atomic mass is 10.1. The molecule has 0 rings (SSSR count). The molecular weight excluding hydrogens is 442 g/mol. The first-order valence-electron chi connectivity index (χ1n) is 12.7. The van der Waals surface area contributed by atoms with Crippen molar-refractivity contribution < 1.29 is 27.2 Å². The zero-order chi connectivity index (χ0) is 24.8. The average molecular weight is 496 g/mol. The van der Waals surface area contributed by atoms with Gasteiger partial charge in [-0.1, -0.05) is 26.7 Å². The van der Waals surface area contributed by atoms with Crippen molar-refractivity contribution in [3.8, 4) is 0 Å². The van der Waals surface area contributed by atoms with Crippen LogP contribution in [0.3, 0.4) is 0 Å². The van der Waals surface area contributed by atoms with E-state index in [4.69, 9.17) is 32.9 Å². The van der Waals surface area contributed by atoms with Crippen molar-refractivity contribution in [2.24, 2.45) is 5.73 Å². The van der Waals surface area contributed by atoms with Crippen molar-refractivity contribution in [3.63, 3.8) is 0 Å². The lowest BCUT2D eigenvalue weighted by Crippen LogP contribution is -2.58. The molecule has 0 aliphatic heterocycles. The van der Waals surface area contributed by atoms with E-state index in [2.05, 4.69) is 26.9 Å². The van der Waals surface area contributed by atoms with Gasteiger partial charge in [0, 0.05) is 26.4 Å². The molecule has 0 aliphatic rings. The van der Waals surface area contributed by atoms with E-state index in [1.54, 1.807) is 0 Å². The minimum absolute atomic E-state index is 0.0846. The highest BCUT2D eigenvalue weighted by Crippen LogP contribution is 2.25. The molecule has 194 valence electrons. The van der Waals surface area contributed by atoms with E-state index in [0.29, 0.717) is 26.4 Å². The third-order valence-electron chi connectivity index (χ3n) is 5.84. The van der Waals surface area contributed by atoms with E-state index in [0.717, 1.165) is 25.7 Å². The predicted octanol–water partition coefficient (Wildman–Crippen LogP) is 4.83. The molecule has 4 atom stereocenters.